The van der Waals surface area contributed by atoms with Crippen molar-refractivity contribution in [2.45, 2.75) is 34.7 Å². The van der Waals surface area contributed by atoms with Gasteiger partial charge in [-0.05, 0) is 6.42 Å². The van der Waals surface area contributed by atoms with Gasteiger partial charge in [0.05, 0.1) is 0 Å². The molecule has 84 valence electrons. The number of ether oxygens (including phenoxy) is 1. The minimum atomic E-state index is -0.370. The van der Waals surface area contributed by atoms with E-state index >= 15 is 0 Å². The lowest BCUT2D eigenvalue weighted by atomic mass is 9.93. The number of halogens is 4. The van der Waals surface area contributed by atoms with Gasteiger partial charge >= 0.3 is 0 Å². The summed E-state index contributed by atoms with van der Waals surface area (Å²) in [5, 5.41) is 0. The molecule has 0 spiro atoms. The maximum Gasteiger partial charge on any atom is 0.145 e. The van der Waals surface area contributed by atoms with Crippen molar-refractivity contribution in [2.75, 3.05) is 0 Å². The molecule has 0 saturated heterocycles. The van der Waals surface area contributed by atoms with E-state index in [1.54, 1.807) is 0 Å². The van der Waals surface area contributed by atoms with E-state index in [2.05, 4.69) is 82.8 Å². The number of hydrogen-bond acceptors (Lipinski definition) is 1. The Balaban J connectivity index is 2.49. The standard InChI is InChI=1S/C10H10Br4O/c1-2-4-9-5-3-6(15-9)7(11)8(12)10(9,13)14/h3,5-6H,2,4H2,1H3. The van der Waals surface area contributed by atoms with Gasteiger partial charge in [-0.2, -0.15) is 0 Å². The third-order valence-corrected chi connectivity index (χ3v) is 8.37. The highest BCUT2D eigenvalue weighted by Crippen LogP contribution is 2.59. The van der Waals surface area contributed by atoms with Gasteiger partial charge in [-0.15, -0.1) is 0 Å². The Morgan fingerprint density at radius 1 is 1.40 bits per heavy atom. The third-order valence-electron chi connectivity index (χ3n) is 2.77. The molecule has 0 aromatic rings. The normalized spacial score (nSPS) is 37.5. The Labute approximate surface area is 123 Å². The topological polar surface area (TPSA) is 9.23 Å². The molecule has 0 aliphatic carbocycles. The molecule has 0 fully saturated rings. The van der Waals surface area contributed by atoms with Crippen molar-refractivity contribution >= 4 is 63.7 Å². The highest BCUT2D eigenvalue weighted by atomic mass is 79.9. The summed E-state index contributed by atoms with van der Waals surface area (Å²) in [6.07, 6.45) is 6.36. The van der Waals surface area contributed by atoms with Crippen LogP contribution < -0.4 is 0 Å². The van der Waals surface area contributed by atoms with Crippen LogP contribution in [0.3, 0.4) is 0 Å². The molecule has 0 radical (unpaired) electrons. The van der Waals surface area contributed by atoms with Crippen LogP contribution in [0.4, 0.5) is 0 Å². The van der Waals surface area contributed by atoms with Gasteiger partial charge in [0.1, 0.15) is 14.9 Å². The first kappa shape index (κ1) is 12.8. The first-order valence-corrected chi connectivity index (χ1v) is 7.92. The second-order valence-electron chi connectivity index (χ2n) is 3.77. The first-order chi connectivity index (χ1) is 6.94. The number of rotatable bonds is 2. The van der Waals surface area contributed by atoms with Crippen molar-refractivity contribution in [3.05, 3.63) is 21.1 Å². The van der Waals surface area contributed by atoms with Crippen LogP contribution in [0, 0.1) is 0 Å². The highest BCUT2D eigenvalue weighted by Gasteiger charge is 2.57. The molecule has 2 heterocycles. The molecule has 2 atom stereocenters. The third kappa shape index (κ3) is 1.77. The molecular formula is C10H10Br4O. The maximum absolute atomic E-state index is 6.08. The molecule has 2 bridgehead atoms. The summed E-state index contributed by atoms with van der Waals surface area (Å²) in [5.74, 6) is 0. The minimum absolute atomic E-state index is 0.0501. The van der Waals surface area contributed by atoms with E-state index in [0.29, 0.717) is 0 Å². The van der Waals surface area contributed by atoms with Crippen LogP contribution in [0.5, 0.6) is 0 Å². The zero-order chi connectivity index (χ0) is 11.3. The quantitative estimate of drug-likeness (QED) is 0.413. The molecule has 0 amide bonds. The fourth-order valence-corrected chi connectivity index (χ4v) is 4.91. The van der Waals surface area contributed by atoms with Gasteiger partial charge in [0, 0.05) is 8.96 Å². The zero-order valence-corrected chi connectivity index (χ0v) is 14.4. The number of fused-ring (bicyclic) bond motifs is 2. The highest BCUT2D eigenvalue weighted by molar-refractivity contribution is 9.26. The molecule has 2 aliphatic rings. The summed E-state index contributed by atoms with van der Waals surface area (Å²) < 4.78 is 7.83. The summed E-state index contributed by atoms with van der Waals surface area (Å²) in [6, 6.07) is 0. The summed E-state index contributed by atoms with van der Waals surface area (Å²) in [4.78, 5) is 0. The van der Waals surface area contributed by atoms with E-state index in [9.17, 15) is 0 Å². The van der Waals surface area contributed by atoms with E-state index in [1.807, 2.05) is 0 Å². The monoisotopic (exact) mass is 462 g/mol. The SMILES string of the molecule is CCCC12C=CC(O1)C(Br)=C(Br)C2(Br)Br. The molecule has 0 saturated carbocycles. The fourth-order valence-electron chi connectivity index (χ4n) is 1.99. The first-order valence-electron chi connectivity index (χ1n) is 4.75. The lowest BCUT2D eigenvalue weighted by molar-refractivity contribution is -0.0190. The molecule has 15 heavy (non-hydrogen) atoms. The Morgan fingerprint density at radius 3 is 2.67 bits per heavy atom. The van der Waals surface area contributed by atoms with Crippen LogP contribution in [0.1, 0.15) is 19.8 Å². The van der Waals surface area contributed by atoms with E-state index < -0.39 is 0 Å². The zero-order valence-electron chi connectivity index (χ0n) is 8.07. The predicted octanol–water partition coefficient (Wildman–Crippen LogP) is 4.98. The molecule has 2 aliphatic heterocycles. The van der Waals surface area contributed by atoms with E-state index in [0.717, 1.165) is 21.8 Å². The Morgan fingerprint density at radius 2 is 2.07 bits per heavy atom. The number of hydrogen-bond donors (Lipinski definition) is 0. The van der Waals surface area contributed by atoms with Crippen LogP contribution in [-0.4, -0.2) is 14.9 Å². The molecule has 1 nitrogen and oxygen atoms in total. The van der Waals surface area contributed by atoms with Crippen molar-refractivity contribution in [2.24, 2.45) is 0 Å². The van der Waals surface area contributed by atoms with Gasteiger partial charge in [-0.3, -0.25) is 0 Å². The summed E-state index contributed by atoms with van der Waals surface area (Å²) in [7, 11) is 0. The molecule has 0 aromatic heterocycles. The minimum Gasteiger partial charge on any atom is -0.356 e. The van der Waals surface area contributed by atoms with Crippen LogP contribution in [-0.2, 0) is 4.74 Å². The van der Waals surface area contributed by atoms with Crippen molar-refractivity contribution in [3.63, 3.8) is 0 Å². The van der Waals surface area contributed by atoms with Crippen LogP contribution in [0.2, 0.25) is 0 Å². The largest absolute Gasteiger partial charge is 0.356 e. The smallest absolute Gasteiger partial charge is 0.145 e. The van der Waals surface area contributed by atoms with E-state index in [4.69, 9.17) is 4.74 Å². The molecule has 0 N–H and O–H groups in total. The average molecular weight is 466 g/mol. The van der Waals surface area contributed by atoms with Gasteiger partial charge in [-0.1, -0.05) is 89.2 Å². The molecule has 5 heteroatoms. The second-order valence-corrected chi connectivity index (χ2v) is 8.86. The van der Waals surface area contributed by atoms with Crippen molar-refractivity contribution in [1.82, 2.24) is 0 Å². The summed E-state index contributed by atoms with van der Waals surface area (Å²) in [5.41, 5.74) is -0.289. The van der Waals surface area contributed by atoms with Crippen molar-refractivity contribution < 1.29 is 4.74 Å². The van der Waals surface area contributed by atoms with Crippen LogP contribution in [0.25, 0.3) is 0 Å². The van der Waals surface area contributed by atoms with Crippen LogP contribution >= 0.6 is 63.7 Å². The fraction of sp³-hybridized carbons (Fsp3) is 0.600. The molecule has 2 unspecified atom stereocenters. The van der Waals surface area contributed by atoms with Crippen molar-refractivity contribution in [1.29, 1.82) is 0 Å². The lowest BCUT2D eigenvalue weighted by Gasteiger charge is -2.44. The van der Waals surface area contributed by atoms with E-state index in [1.165, 1.54) is 0 Å². The molecule has 2 rings (SSSR count). The number of alkyl halides is 2. The van der Waals surface area contributed by atoms with Gasteiger partial charge < -0.3 is 4.74 Å². The lowest BCUT2D eigenvalue weighted by Crippen LogP contribution is -2.49. The second kappa shape index (κ2) is 4.23. The summed E-state index contributed by atoms with van der Waals surface area (Å²) in [6.45, 7) is 2.16. The van der Waals surface area contributed by atoms with Crippen molar-refractivity contribution in [3.8, 4) is 0 Å². The maximum atomic E-state index is 6.08. The predicted molar refractivity (Wildman–Crippen MR) is 77.1 cm³/mol. The molecule has 0 aromatic carbocycles. The van der Waals surface area contributed by atoms with Gasteiger partial charge in [0.15, 0.2) is 0 Å². The Bertz CT molecular complexity index is 347. The van der Waals surface area contributed by atoms with Gasteiger partial charge in [0.2, 0.25) is 0 Å². The van der Waals surface area contributed by atoms with Gasteiger partial charge in [0.25, 0.3) is 0 Å². The Hall–Kier alpha value is 1.36. The van der Waals surface area contributed by atoms with E-state index in [-0.39, 0.29) is 14.9 Å². The average Bonchev–Trinajstić information content (AvgIpc) is 2.58. The Kier molecular flexibility index (Phi) is 3.61. The summed E-state index contributed by atoms with van der Waals surface area (Å²) >= 11 is 14.6. The van der Waals surface area contributed by atoms with Gasteiger partial charge in [-0.25, -0.2) is 0 Å². The van der Waals surface area contributed by atoms with Crippen LogP contribution in [0.15, 0.2) is 21.1 Å². The molecular weight excluding hydrogens is 456 g/mol.